The van der Waals surface area contributed by atoms with E-state index in [9.17, 15) is 4.79 Å². The Bertz CT molecular complexity index is 483. The van der Waals surface area contributed by atoms with Crippen molar-refractivity contribution < 1.29 is 4.79 Å². The van der Waals surface area contributed by atoms with Crippen LogP contribution in [0.1, 0.15) is 31.7 Å². The topological polar surface area (TPSA) is 58.4 Å². The zero-order chi connectivity index (χ0) is 14.7. The second-order valence-electron chi connectivity index (χ2n) is 5.92. The Morgan fingerprint density at radius 2 is 2.20 bits per heavy atom. The molecule has 0 aliphatic heterocycles. The quantitative estimate of drug-likeness (QED) is 0.812. The lowest BCUT2D eigenvalue weighted by molar-refractivity contribution is -0.120. The van der Waals surface area contributed by atoms with Crippen molar-refractivity contribution in [3.05, 3.63) is 23.8 Å². The standard InChI is InChI=1S/C16H25N3O/c1-11-14(17)8-5-9-15(11)18-16(20)12(2)19(3)10-13-6-4-7-13/h5,8-9,12-13H,4,6-7,10,17H2,1-3H3,(H,18,20). The number of rotatable bonds is 5. The molecule has 3 N–H and O–H groups in total. The lowest BCUT2D eigenvalue weighted by Gasteiger charge is -2.32. The molecular weight excluding hydrogens is 250 g/mol. The lowest BCUT2D eigenvalue weighted by Crippen LogP contribution is -2.43. The third-order valence-corrected chi connectivity index (χ3v) is 4.45. The fraction of sp³-hybridized carbons (Fsp3) is 0.562. The Hall–Kier alpha value is -1.55. The van der Waals surface area contributed by atoms with Crippen LogP contribution in [0.3, 0.4) is 0 Å². The minimum absolute atomic E-state index is 0.0283. The molecule has 0 spiro atoms. The van der Waals surface area contributed by atoms with Crippen LogP contribution >= 0.6 is 0 Å². The fourth-order valence-corrected chi connectivity index (χ4v) is 2.47. The van der Waals surface area contributed by atoms with Crippen LogP contribution in [0.5, 0.6) is 0 Å². The molecule has 110 valence electrons. The van der Waals surface area contributed by atoms with E-state index in [1.165, 1.54) is 19.3 Å². The van der Waals surface area contributed by atoms with Gasteiger partial charge in [-0.25, -0.2) is 0 Å². The van der Waals surface area contributed by atoms with Crippen LogP contribution < -0.4 is 11.1 Å². The summed E-state index contributed by atoms with van der Waals surface area (Å²) in [5.41, 5.74) is 8.30. The molecule has 1 aromatic rings. The first-order valence-electron chi connectivity index (χ1n) is 7.35. The first kappa shape index (κ1) is 14.9. The Kier molecular flexibility index (Phi) is 4.65. The molecule has 1 aliphatic carbocycles. The summed E-state index contributed by atoms with van der Waals surface area (Å²) in [5, 5.41) is 2.98. The molecule has 0 radical (unpaired) electrons. The number of likely N-dealkylation sites (N-methyl/N-ethyl adjacent to an activating group) is 1. The van der Waals surface area contributed by atoms with E-state index in [-0.39, 0.29) is 11.9 Å². The van der Waals surface area contributed by atoms with Gasteiger partial charge in [-0.15, -0.1) is 0 Å². The monoisotopic (exact) mass is 275 g/mol. The van der Waals surface area contributed by atoms with Gasteiger partial charge < -0.3 is 11.1 Å². The number of carbonyl (C=O) groups is 1. The first-order valence-corrected chi connectivity index (χ1v) is 7.35. The molecule has 0 saturated heterocycles. The average Bonchev–Trinajstić information content (AvgIpc) is 2.38. The van der Waals surface area contributed by atoms with Crippen molar-refractivity contribution >= 4 is 17.3 Å². The summed E-state index contributed by atoms with van der Waals surface area (Å²) in [6.45, 7) is 4.88. The molecular formula is C16H25N3O. The maximum absolute atomic E-state index is 12.3. The van der Waals surface area contributed by atoms with E-state index in [4.69, 9.17) is 5.73 Å². The van der Waals surface area contributed by atoms with Crippen molar-refractivity contribution in [2.45, 2.75) is 39.2 Å². The average molecular weight is 275 g/mol. The van der Waals surface area contributed by atoms with Crippen LogP contribution in [0.15, 0.2) is 18.2 Å². The molecule has 0 heterocycles. The minimum Gasteiger partial charge on any atom is -0.398 e. The number of nitrogens with zero attached hydrogens (tertiary/aromatic N) is 1. The zero-order valence-corrected chi connectivity index (χ0v) is 12.6. The molecule has 1 atom stereocenters. The number of nitrogen functional groups attached to an aromatic ring is 1. The summed E-state index contributed by atoms with van der Waals surface area (Å²) in [5.74, 6) is 0.796. The van der Waals surface area contributed by atoms with E-state index >= 15 is 0 Å². The first-order chi connectivity index (χ1) is 9.49. The van der Waals surface area contributed by atoms with E-state index in [0.717, 1.165) is 23.7 Å². The van der Waals surface area contributed by atoms with E-state index in [1.807, 2.05) is 39.1 Å². The van der Waals surface area contributed by atoms with Crippen LogP contribution in [-0.4, -0.2) is 30.4 Å². The van der Waals surface area contributed by atoms with Crippen LogP contribution in [0.25, 0.3) is 0 Å². The number of hydrogen-bond donors (Lipinski definition) is 2. The summed E-state index contributed by atoms with van der Waals surface area (Å²) in [6.07, 6.45) is 3.93. The smallest absolute Gasteiger partial charge is 0.241 e. The predicted octanol–water partition coefficient (Wildman–Crippen LogP) is 2.64. The summed E-state index contributed by atoms with van der Waals surface area (Å²) >= 11 is 0. The van der Waals surface area contributed by atoms with Gasteiger partial charge in [0.05, 0.1) is 6.04 Å². The number of amides is 1. The number of carbonyl (C=O) groups excluding carboxylic acids is 1. The molecule has 1 aromatic carbocycles. The molecule has 0 aromatic heterocycles. The number of nitrogens with one attached hydrogen (secondary N) is 1. The lowest BCUT2D eigenvalue weighted by atomic mass is 9.85. The van der Waals surface area contributed by atoms with Crippen molar-refractivity contribution in [3.63, 3.8) is 0 Å². The van der Waals surface area contributed by atoms with Crippen LogP contribution in [0.4, 0.5) is 11.4 Å². The van der Waals surface area contributed by atoms with Gasteiger partial charge in [0.25, 0.3) is 0 Å². The summed E-state index contributed by atoms with van der Waals surface area (Å²) in [7, 11) is 2.02. The third-order valence-electron chi connectivity index (χ3n) is 4.45. The highest BCUT2D eigenvalue weighted by Crippen LogP contribution is 2.27. The van der Waals surface area contributed by atoms with E-state index in [0.29, 0.717) is 5.69 Å². The highest BCUT2D eigenvalue weighted by Gasteiger charge is 2.24. The maximum atomic E-state index is 12.3. The molecule has 1 amide bonds. The minimum atomic E-state index is -0.128. The summed E-state index contributed by atoms with van der Waals surface area (Å²) in [6, 6.07) is 5.47. The molecule has 4 heteroatoms. The Morgan fingerprint density at radius 3 is 2.80 bits per heavy atom. The SMILES string of the molecule is Cc1c(N)cccc1NC(=O)C(C)N(C)CC1CCC1. The van der Waals surface area contributed by atoms with E-state index in [2.05, 4.69) is 10.2 Å². The van der Waals surface area contributed by atoms with Gasteiger partial charge in [-0.2, -0.15) is 0 Å². The molecule has 2 rings (SSSR count). The second kappa shape index (κ2) is 6.27. The third kappa shape index (κ3) is 3.31. The number of benzene rings is 1. The van der Waals surface area contributed by atoms with Crippen molar-refractivity contribution in [1.82, 2.24) is 4.90 Å². The predicted molar refractivity (Wildman–Crippen MR) is 83.7 cm³/mol. The highest BCUT2D eigenvalue weighted by molar-refractivity contribution is 5.95. The molecule has 20 heavy (non-hydrogen) atoms. The fourth-order valence-electron chi connectivity index (χ4n) is 2.47. The van der Waals surface area contributed by atoms with E-state index in [1.54, 1.807) is 0 Å². The molecule has 1 saturated carbocycles. The van der Waals surface area contributed by atoms with Crippen molar-refractivity contribution in [2.24, 2.45) is 5.92 Å². The summed E-state index contributed by atoms with van der Waals surface area (Å²) in [4.78, 5) is 14.5. The number of nitrogens with two attached hydrogens (primary N) is 1. The van der Waals surface area contributed by atoms with Gasteiger partial charge in [0.2, 0.25) is 5.91 Å². The van der Waals surface area contributed by atoms with Crippen molar-refractivity contribution in [2.75, 3.05) is 24.6 Å². The maximum Gasteiger partial charge on any atom is 0.241 e. The largest absolute Gasteiger partial charge is 0.398 e. The normalized spacial score (nSPS) is 16.8. The van der Waals surface area contributed by atoms with Gasteiger partial charge in [-0.3, -0.25) is 9.69 Å². The number of anilines is 2. The van der Waals surface area contributed by atoms with Gasteiger partial charge in [0.15, 0.2) is 0 Å². The highest BCUT2D eigenvalue weighted by atomic mass is 16.2. The van der Waals surface area contributed by atoms with Crippen LogP contribution in [0, 0.1) is 12.8 Å². The van der Waals surface area contributed by atoms with Gasteiger partial charge in [-0.05, 0) is 57.4 Å². The van der Waals surface area contributed by atoms with Crippen molar-refractivity contribution in [3.8, 4) is 0 Å². The van der Waals surface area contributed by atoms with E-state index < -0.39 is 0 Å². The van der Waals surface area contributed by atoms with Gasteiger partial charge in [-0.1, -0.05) is 12.5 Å². The summed E-state index contributed by atoms with van der Waals surface area (Å²) < 4.78 is 0. The molecule has 1 aliphatic rings. The van der Waals surface area contributed by atoms with Crippen LogP contribution in [0.2, 0.25) is 0 Å². The Balaban J connectivity index is 1.94. The zero-order valence-electron chi connectivity index (χ0n) is 12.6. The molecule has 1 unspecified atom stereocenters. The van der Waals surface area contributed by atoms with Gasteiger partial charge in [0.1, 0.15) is 0 Å². The van der Waals surface area contributed by atoms with Gasteiger partial charge >= 0.3 is 0 Å². The molecule has 0 bridgehead atoms. The molecule has 1 fully saturated rings. The van der Waals surface area contributed by atoms with Crippen LogP contribution in [-0.2, 0) is 4.79 Å². The molecule has 4 nitrogen and oxygen atoms in total. The Labute approximate surface area is 121 Å². The van der Waals surface area contributed by atoms with Crippen molar-refractivity contribution in [1.29, 1.82) is 0 Å². The van der Waals surface area contributed by atoms with Gasteiger partial charge in [0, 0.05) is 17.9 Å². The Morgan fingerprint density at radius 1 is 1.50 bits per heavy atom. The number of hydrogen-bond acceptors (Lipinski definition) is 3. The second-order valence-corrected chi connectivity index (χ2v) is 5.92.